The van der Waals surface area contributed by atoms with Crippen LogP contribution >= 0.6 is 0 Å². The highest BCUT2D eigenvalue weighted by atomic mass is 16.5. The molecule has 234 valence electrons. The summed E-state index contributed by atoms with van der Waals surface area (Å²) in [6.45, 7) is 10.6. The van der Waals surface area contributed by atoms with E-state index >= 15 is 0 Å². The van der Waals surface area contributed by atoms with E-state index in [4.69, 9.17) is 24.9 Å². The zero-order valence-corrected chi connectivity index (χ0v) is 25.9. The Morgan fingerprint density at radius 2 is 1.45 bits per heavy atom. The first-order valence-electron chi connectivity index (χ1n) is 16.3. The summed E-state index contributed by atoms with van der Waals surface area (Å²) in [5.41, 5.74) is 9.52. The van der Waals surface area contributed by atoms with Gasteiger partial charge in [-0.15, -0.1) is 0 Å². The Kier molecular flexibility index (Phi) is 10.4. The van der Waals surface area contributed by atoms with Gasteiger partial charge in [-0.2, -0.15) is 0 Å². The third-order valence-corrected chi connectivity index (χ3v) is 9.04. The molecule has 0 atom stereocenters. The van der Waals surface area contributed by atoms with Gasteiger partial charge < -0.3 is 24.5 Å². The fourth-order valence-electron chi connectivity index (χ4n) is 6.65. The van der Waals surface area contributed by atoms with Gasteiger partial charge >= 0.3 is 0 Å². The van der Waals surface area contributed by atoms with Crippen LogP contribution in [0.15, 0.2) is 67.1 Å². The summed E-state index contributed by atoms with van der Waals surface area (Å²) < 4.78 is 19.6. The van der Waals surface area contributed by atoms with Crippen molar-refractivity contribution in [2.75, 3.05) is 64.9 Å². The number of hydrogen-bond acceptors (Lipinski definition) is 8. The van der Waals surface area contributed by atoms with Crippen LogP contribution in [-0.2, 0) is 9.47 Å². The van der Waals surface area contributed by atoms with Crippen molar-refractivity contribution in [3.05, 3.63) is 67.1 Å². The molecule has 0 amide bonds. The van der Waals surface area contributed by atoms with Crippen molar-refractivity contribution in [3.8, 4) is 22.6 Å². The first-order chi connectivity index (χ1) is 21.7. The Morgan fingerprint density at radius 1 is 0.773 bits per heavy atom. The number of aromatic nitrogens is 3. The number of fused-ring (bicyclic) bond motifs is 1. The van der Waals surface area contributed by atoms with Crippen LogP contribution in [0.3, 0.4) is 0 Å². The van der Waals surface area contributed by atoms with Gasteiger partial charge in [-0.05, 0) is 61.9 Å². The fourth-order valence-corrected chi connectivity index (χ4v) is 6.65. The minimum Gasteiger partial charge on any atom is -0.457 e. The first-order valence-corrected chi connectivity index (χ1v) is 16.3. The van der Waals surface area contributed by atoms with Crippen molar-refractivity contribution < 1.29 is 14.2 Å². The van der Waals surface area contributed by atoms with E-state index in [0.29, 0.717) is 31.1 Å². The Bertz CT molecular complexity index is 1440. The van der Waals surface area contributed by atoms with Gasteiger partial charge in [0.2, 0.25) is 0 Å². The summed E-state index contributed by atoms with van der Waals surface area (Å²) in [6.07, 6.45) is 9.56. The lowest BCUT2D eigenvalue weighted by Gasteiger charge is -2.42. The van der Waals surface area contributed by atoms with Crippen LogP contribution in [0.1, 0.15) is 45.1 Å². The second-order valence-corrected chi connectivity index (χ2v) is 11.9. The molecule has 0 unspecified atom stereocenters. The molecule has 44 heavy (non-hydrogen) atoms. The van der Waals surface area contributed by atoms with Crippen molar-refractivity contribution in [2.24, 2.45) is 0 Å². The third-order valence-electron chi connectivity index (χ3n) is 9.04. The lowest BCUT2D eigenvalue weighted by Crippen LogP contribution is -2.51. The summed E-state index contributed by atoms with van der Waals surface area (Å²) >= 11 is 0. The SMILES string of the molecule is CCCOCCOCCN1CCN(C2CCC(n3cc(-c4ccc(Oc5ccccc5)cc4)c4c(N)ncnc43)CC2)CC1. The largest absolute Gasteiger partial charge is 0.457 e. The van der Waals surface area contributed by atoms with Crippen molar-refractivity contribution in [1.29, 1.82) is 0 Å². The predicted molar refractivity (Wildman–Crippen MR) is 175 cm³/mol. The van der Waals surface area contributed by atoms with Gasteiger partial charge in [-0.25, -0.2) is 9.97 Å². The quantitative estimate of drug-likeness (QED) is 0.187. The molecule has 2 N–H and O–H groups in total. The number of ether oxygens (including phenoxy) is 3. The normalized spacial score (nSPS) is 19.8. The van der Waals surface area contributed by atoms with Gasteiger partial charge in [-0.1, -0.05) is 37.3 Å². The molecule has 1 saturated carbocycles. The Balaban J connectivity index is 1.04. The van der Waals surface area contributed by atoms with Crippen LogP contribution in [0.2, 0.25) is 0 Å². The Labute approximate surface area is 260 Å². The minimum atomic E-state index is 0.400. The number of anilines is 1. The second kappa shape index (κ2) is 15.0. The Morgan fingerprint density at radius 3 is 2.18 bits per heavy atom. The molecule has 0 spiro atoms. The summed E-state index contributed by atoms with van der Waals surface area (Å²) in [5, 5.41) is 0.930. The molecular weight excluding hydrogens is 552 g/mol. The van der Waals surface area contributed by atoms with Crippen LogP contribution in [0.25, 0.3) is 22.2 Å². The maximum absolute atomic E-state index is 6.45. The molecular formula is C35H46N6O3. The van der Waals surface area contributed by atoms with Crippen LogP contribution in [-0.4, -0.2) is 89.5 Å². The molecule has 0 bridgehead atoms. The van der Waals surface area contributed by atoms with E-state index < -0.39 is 0 Å². The van der Waals surface area contributed by atoms with E-state index in [2.05, 4.69) is 44.6 Å². The number of hydrogen-bond donors (Lipinski definition) is 1. The van der Waals surface area contributed by atoms with Crippen molar-refractivity contribution in [3.63, 3.8) is 0 Å². The highest BCUT2D eigenvalue weighted by Gasteiger charge is 2.30. The maximum atomic E-state index is 6.45. The molecule has 3 heterocycles. The first kappa shape index (κ1) is 30.5. The van der Waals surface area contributed by atoms with E-state index in [0.717, 1.165) is 98.9 Å². The standard InChI is InChI=1S/C35H46N6O3/c1-2-21-42-23-24-43-22-20-39-16-18-40(19-17-39)28-10-12-29(13-11-28)41-25-32(33-34(36)37-26-38-35(33)41)27-8-14-31(15-9-27)44-30-6-4-3-5-7-30/h3-9,14-15,25-26,28-29H,2,10-13,16-24H2,1H3,(H2,36,37,38). The summed E-state index contributed by atoms with van der Waals surface area (Å²) in [4.78, 5) is 14.3. The van der Waals surface area contributed by atoms with Gasteiger partial charge in [0.1, 0.15) is 29.3 Å². The molecule has 4 aromatic rings. The van der Waals surface area contributed by atoms with E-state index in [1.165, 1.54) is 12.8 Å². The van der Waals surface area contributed by atoms with Crippen LogP contribution < -0.4 is 10.5 Å². The molecule has 2 fully saturated rings. The second-order valence-electron chi connectivity index (χ2n) is 11.9. The zero-order chi connectivity index (χ0) is 30.1. The predicted octanol–water partition coefficient (Wildman–Crippen LogP) is 6.02. The molecule has 9 heteroatoms. The molecule has 1 aliphatic carbocycles. The van der Waals surface area contributed by atoms with Crippen LogP contribution in [0, 0.1) is 0 Å². The highest BCUT2D eigenvalue weighted by Crippen LogP contribution is 2.39. The third kappa shape index (κ3) is 7.41. The minimum absolute atomic E-state index is 0.400. The number of rotatable bonds is 13. The van der Waals surface area contributed by atoms with Gasteiger partial charge in [-0.3, -0.25) is 9.80 Å². The number of nitrogens with zero attached hydrogens (tertiary/aromatic N) is 5. The van der Waals surface area contributed by atoms with Crippen molar-refractivity contribution in [2.45, 2.75) is 51.1 Å². The van der Waals surface area contributed by atoms with Gasteiger partial charge in [0.05, 0.1) is 25.2 Å². The fraction of sp³-hybridized carbons (Fsp3) is 0.486. The lowest BCUT2D eigenvalue weighted by atomic mass is 9.89. The smallest absolute Gasteiger partial charge is 0.146 e. The monoisotopic (exact) mass is 598 g/mol. The number of para-hydroxylation sites is 1. The number of benzene rings is 2. The molecule has 9 nitrogen and oxygen atoms in total. The van der Waals surface area contributed by atoms with E-state index in [-0.39, 0.29) is 0 Å². The number of piperazine rings is 1. The molecule has 0 radical (unpaired) electrons. The summed E-state index contributed by atoms with van der Waals surface area (Å²) in [5.74, 6) is 2.14. The van der Waals surface area contributed by atoms with Gasteiger partial charge in [0.15, 0.2) is 0 Å². The van der Waals surface area contributed by atoms with E-state index in [1.807, 2.05) is 42.5 Å². The average molecular weight is 599 g/mol. The van der Waals surface area contributed by atoms with Crippen LogP contribution in [0.4, 0.5) is 5.82 Å². The molecule has 2 aromatic heterocycles. The van der Waals surface area contributed by atoms with Crippen LogP contribution in [0.5, 0.6) is 11.5 Å². The summed E-state index contributed by atoms with van der Waals surface area (Å²) in [7, 11) is 0. The zero-order valence-electron chi connectivity index (χ0n) is 25.9. The number of nitrogens with two attached hydrogens (primary N) is 1. The molecule has 6 rings (SSSR count). The van der Waals surface area contributed by atoms with E-state index in [1.54, 1.807) is 6.33 Å². The highest BCUT2D eigenvalue weighted by molar-refractivity contribution is 6.00. The molecule has 2 aliphatic rings. The Hall–Kier alpha value is -3.50. The lowest BCUT2D eigenvalue weighted by molar-refractivity contribution is 0.0246. The number of nitrogen functional groups attached to an aromatic ring is 1. The molecule has 2 aromatic carbocycles. The topological polar surface area (TPSA) is 90.9 Å². The van der Waals surface area contributed by atoms with Gasteiger partial charge in [0.25, 0.3) is 0 Å². The van der Waals surface area contributed by atoms with Gasteiger partial charge in [0, 0.05) is 63.2 Å². The molecule has 1 aliphatic heterocycles. The summed E-state index contributed by atoms with van der Waals surface area (Å²) in [6, 6.07) is 19.1. The molecule has 1 saturated heterocycles. The van der Waals surface area contributed by atoms with Crippen molar-refractivity contribution >= 4 is 16.9 Å². The van der Waals surface area contributed by atoms with E-state index in [9.17, 15) is 0 Å². The van der Waals surface area contributed by atoms with Crippen molar-refractivity contribution in [1.82, 2.24) is 24.3 Å². The average Bonchev–Trinajstić information content (AvgIpc) is 3.47. The maximum Gasteiger partial charge on any atom is 0.146 e.